The Balaban J connectivity index is 1.81. The molecule has 0 saturated carbocycles. The molecule has 2 heterocycles. The second-order valence-corrected chi connectivity index (χ2v) is 6.26. The summed E-state index contributed by atoms with van der Waals surface area (Å²) in [6.07, 6.45) is 0.398. The van der Waals surface area contributed by atoms with Crippen molar-refractivity contribution < 1.29 is 19.1 Å². The number of carbonyl (C=O) groups excluding carboxylic acids is 1. The monoisotopic (exact) mass is 367 g/mol. The molecule has 0 unspecified atom stereocenters. The van der Waals surface area contributed by atoms with E-state index in [0.717, 1.165) is 22.6 Å². The van der Waals surface area contributed by atoms with Crippen LogP contribution in [0.5, 0.6) is 0 Å². The second kappa shape index (κ2) is 7.49. The number of hydrogen-bond donors (Lipinski definition) is 2. The molecule has 0 spiro atoms. The van der Waals surface area contributed by atoms with Gasteiger partial charge in [0, 0.05) is 24.7 Å². The fourth-order valence-electron chi connectivity index (χ4n) is 2.99. The number of nitrogens with one attached hydrogen (secondary N) is 1. The van der Waals surface area contributed by atoms with E-state index in [1.807, 2.05) is 48.9 Å². The molecular formula is C20H21N3O4. The molecule has 1 amide bonds. The highest BCUT2D eigenvalue weighted by atomic mass is 16.4. The predicted molar refractivity (Wildman–Crippen MR) is 99.3 cm³/mol. The number of rotatable bonds is 6. The smallest absolute Gasteiger partial charge is 0.339 e. The normalized spacial score (nSPS) is 10.8. The molecule has 27 heavy (non-hydrogen) atoms. The number of aromatic nitrogens is 2. The standard InChI is InChI=1S/C20H21N3O4/c1-4-17-15(20(25)26)10-18(27-17)19(24)21-11-14-7-5-6-8-16(14)23-13(3)9-12(2)22-23/h5-10H,4,11H2,1-3H3,(H,21,24)(H,25,26). The zero-order valence-corrected chi connectivity index (χ0v) is 15.4. The predicted octanol–water partition coefficient (Wildman–Crippen LogP) is 3.27. The Morgan fingerprint density at radius 3 is 2.56 bits per heavy atom. The maximum Gasteiger partial charge on any atom is 0.339 e. The van der Waals surface area contributed by atoms with Crippen molar-refractivity contribution in [1.82, 2.24) is 15.1 Å². The fourth-order valence-corrected chi connectivity index (χ4v) is 2.99. The number of carboxylic acid groups (broad SMARTS) is 1. The third-order valence-electron chi connectivity index (χ3n) is 4.25. The van der Waals surface area contributed by atoms with Crippen LogP contribution in [0.4, 0.5) is 0 Å². The van der Waals surface area contributed by atoms with Crippen LogP contribution in [0.15, 0.2) is 40.8 Å². The van der Waals surface area contributed by atoms with Crippen LogP contribution in [0.3, 0.4) is 0 Å². The Morgan fingerprint density at radius 2 is 1.96 bits per heavy atom. The molecule has 0 aliphatic rings. The number of aromatic carboxylic acids is 1. The molecule has 2 aromatic heterocycles. The molecular weight excluding hydrogens is 346 g/mol. The number of nitrogens with zero attached hydrogens (tertiary/aromatic N) is 2. The van der Waals surface area contributed by atoms with Crippen LogP contribution in [0, 0.1) is 13.8 Å². The zero-order valence-electron chi connectivity index (χ0n) is 15.4. The summed E-state index contributed by atoms with van der Waals surface area (Å²) in [5.41, 5.74) is 3.69. The van der Waals surface area contributed by atoms with Crippen molar-refractivity contribution in [2.45, 2.75) is 33.7 Å². The van der Waals surface area contributed by atoms with Gasteiger partial charge in [0.2, 0.25) is 0 Å². The van der Waals surface area contributed by atoms with E-state index >= 15 is 0 Å². The highest BCUT2D eigenvalue weighted by Gasteiger charge is 2.20. The quantitative estimate of drug-likeness (QED) is 0.697. The van der Waals surface area contributed by atoms with Gasteiger partial charge in [0.15, 0.2) is 5.76 Å². The molecule has 0 aliphatic carbocycles. The van der Waals surface area contributed by atoms with Crippen molar-refractivity contribution in [3.8, 4) is 5.69 Å². The molecule has 0 fully saturated rings. The van der Waals surface area contributed by atoms with E-state index in [-0.39, 0.29) is 23.6 Å². The molecule has 3 aromatic rings. The van der Waals surface area contributed by atoms with Crippen LogP contribution in [0.1, 0.15) is 50.5 Å². The first-order valence-electron chi connectivity index (χ1n) is 8.66. The minimum absolute atomic E-state index is 0.00662. The highest BCUT2D eigenvalue weighted by molar-refractivity contribution is 5.96. The Morgan fingerprint density at radius 1 is 1.22 bits per heavy atom. The van der Waals surface area contributed by atoms with Crippen molar-refractivity contribution in [2.75, 3.05) is 0 Å². The maximum atomic E-state index is 12.4. The minimum atomic E-state index is -1.11. The van der Waals surface area contributed by atoms with E-state index in [4.69, 9.17) is 4.42 Å². The number of carbonyl (C=O) groups is 2. The lowest BCUT2D eigenvalue weighted by molar-refractivity contribution is 0.0694. The highest BCUT2D eigenvalue weighted by Crippen LogP contribution is 2.19. The number of aryl methyl sites for hydroxylation is 3. The number of amides is 1. The first kappa shape index (κ1) is 18.4. The van der Waals surface area contributed by atoms with E-state index in [1.54, 1.807) is 6.92 Å². The van der Waals surface area contributed by atoms with Crippen LogP contribution < -0.4 is 5.32 Å². The SMILES string of the molecule is CCc1oc(C(=O)NCc2ccccc2-n2nc(C)cc2C)cc1C(=O)O. The van der Waals surface area contributed by atoms with E-state index in [0.29, 0.717) is 6.42 Å². The van der Waals surface area contributed by atoms with E-state index in [9.17, 15) is 14.7 Å². The molecule has 7 nitrogen and oxygen atoms in total. The van der Waals surface area contributed by atoms with Crippen molar-refractivity contribution >= 4 is 11.9 Å². The number of furan rings is 1. The Kier molecular flexibility index (Phi) is 5.12. The topological polar surface area (TPSA) is 97.4 Å². The van der Waals surface area contributed by atoms with Crippen molar-refractivity contribution in [2.24, 2.45) is 0 Å². The molecule has 0 radical (unpaired) electrons. The van der Waals surface area contributed by atoms with E-state index < -0.39 is 11.9 Å². The Bertz CT molecular complexity index is 1000. The number of para-hydroxylation sites is 1. The number of hydrogen-bond acceptors (Lipinski definition) is 4. The van der Waals surface area contributed by atoms with Gasteiger partial charge in [0.1, 0.15) is 11.3 Å². The summed E-state index contributed by atoms with van der Waals surface area (Å²) in [6, 6.07) is 10.9. The van der Waals surface area contributed by atoms with Gasteiger partial charge in [-0.05, 0) is 31.5 Å². The second-order valence-electron chi connectivity index (χ2n) is 6.26. The van der Waals surface area contributed by atoms with Crippen LogP contribution in [0.2, 0.25) is 0 Å². The molecule has 1 aromatic carbocycles. The molecule has 0 bridgehead atoms. The average molecular weight is 367 g/mol. The summed E-state index contributed by atoms with van der Waals surface area (Å²) in [4.78, 5) is 23.7. The fraction of sp³-hybridized carbons (Fsp3) is 0.250. The van der Waals surface area contributed by atoms with Gasteiger partial charge in [-0.2, -0.15) is 5.10 Å². The van der Waals surface area contributed by atoms with Gasteiger partial charge >= 0.3 is 5.97 Å². The lowest BCUT2D eigenvalue weighted by Gasteiger charge is -2.11. The summed E-state index contributed by atoms with van der Waals surface area (Å²) < 4.78 is 7.24. The summed E-state index contributed by atoms with van der Waals surface area (Å²) in [6.45, 7) is 5.93. The van der Waals surface area contributed by atoms with Crippen LogP contribution in [0.25, 0.3) is 5.69 Å². The van der Waals surface area contributed by atoms with Crippen LogP contribution >= 0.6 is 0 Å². The van der Waals surface area contributed by atoms with Crippen molar-refractivity contribution in [3.05, 3.63) is 70.4 Å². The summed E-state index contributed by atoms with van der Waals surface area (Å²) >= 11 is 0. The zero-order chi connectivity index (χ0) is 19.6. The van der Waals surface area contributed by atoms with E-state index in [2.05, 4.69) is 10.4 Å². The van der Waals surface area contributed by atoms with E-state index in [1.165, 1.54) is 6.07 Å². The van der Waals surface area contributed by atoms with Gasteiger partial charge in [0.25, 0.3) is 5.91 Å². The van der Waals surface area contributed by atoms with Gasteiger partial charge in [-0.1, -0.05) is 25.1 Å². The molecule has 7 heteroatoms. The molecule has 140 valence electrons. The molecule has 2 N–H and O–H groups in total. The van der Waals surface area contributed by atoms with Crippen molar-refractivity contribution in [3.63, 3.8) is 0 Å². The largest absolute Gasteiger partial charge is 0.478 e. The summed E-state index contributed by atoms with van der Waals surface area (Å²) in [5.74, 6) is -1.28. The van der Waals surface area contributed by atoms with Gasteiger partial charge < -0.3 is 14.8 Å². The van der Waals surface area contributed by atoms with Gasteiger partial charge in [-0.15, -0.1) is 0 Å². The first-order valence-corrected chi connectivity index (χ1v) is 8.66. The lowest BCUT2D eigenvalue weighted by Crippen LogP contribution is -2.23. The number of carboxylic acids is 1. The third-order valence-corrected chi connectivity index (χ3v) is 4.25. The molecule has 3 rings (SSSR count). The first-order chi connectivity index (χ1) is 12.9. The Labute approximate surface area is 156 Å². The minimum Gasteiger partial charge on any atom is -0.478 e. The van der Waals surface area contributed by atoms with Crippen LogP contribution in [-0.2, 0) is 13.0 Å². The number of benzene rings is 1. The third kappa shape index (κ3) is 3.76. The van der Waals surface area contributed by atoms with Gasteiger partial charge in [0.05, 0.1) is 11.4 Å². The summed E-state index contributed by atoms with van der Waals surface area (Å²) in [5, 5.41) is 16.5. The lowest BCUT2D eigenvalue weighted by atomic mass is 10.1. The summed E-state index contributed by atoms with van der Waals surface area (Å²) in [7, 11) is 0. The van der Waals surface area contributed by atoms with Crippen LogP contribution in [-0.4, -0.2) is 26.8 Å². The maximum absolute atomic E-state index is 12.4. The van der Waals surface area contributed by atoms with Gasteiger partial charge in [-0.25, -0.2) is 9.48 Å². The van der Waals surface area contributed by atoms with Crippen molar-refractivity contribution in [1.29, 1.82) is 0 Å². The molecule has 0 aliphatic heterocycles. The Hall–Kier alpha value is -3.35. The van der Waals surface area contributed by atoms with Gasteiger partial charge in [-0.3, -0.25) is 4.79 Å². The molecule has 0 saturated heterocycles. The molecule has 0 atom stereocenters. The average Bonchev–Trinajstić information content (AvgIpc) is 3.23.